The first-order chi connectivity index (χ1) is 12.0. The maximum atomic E-state index is 12.8. The van der Waals surface area contributed by atoms with Gasteiger partial charge in [-0.2, -0.15) is 0 Å². The van der Waals surface area contributed by atoms with E-state index in [9.17, 15) is 9.59 Å². The van der Waals surface area contributed by atoms with E-state index < -0.39 is 0 Å². The van der Waals surface area contributed by atoms with Crippen LogP contribution in [-0.2, 0) is 4.79 Å². The van der Waals surface area contributed by atoms with Gasteiger partial charge in [0.2, 0.25) is 5.91 Å². The molecule has 2 N–H and O–H groups in total. The standard InChI is InChI=1S/C20H29N3O2/c1-14-5-9-22(10-6-14)19(24)16-7-11-23(12-8-16)20(25)18-13-17(21)4-3-15(18)2/h3-4,13-14,16H,5-12,21H2,1-2H3. The van der Waals surface area contributed by atoms with E-state index in [1.54, 1.807) is 6.07 Å². The SMILES string of the molecule is Cc1ccc(N)cc1C(=O)N1CCC(C(=O)N2CCC(C)CC2)CC1. The molecule has 136 valence electrons. The Bertz CT molecular complexity index is 642. The minimum absolute atomic E-state index is 0.0301. The van der Waals surface area contributed by atoms with E-state index in [1.807, 2.05) is 28.9 Å². The molecular weight excluding hydrogens is 314 g/mol. The smallest absolute Gasteiger partial charge is 0.254 e. The maximum absolute atomic E-state index is 12.8. The van der Waals surface area contributed by atoms with Crippen LogP contribution < -0.4 is 5.73 Å². The molecule has 0 saturated carbocycles. The Morgan fingerprint density at radius 3 is 2.24 bits per heavy atom. The molecule has 0 atom stereocenters. The fourth-order valence-corrected chi connectivity index (χ4v) is 3.86. The van der Waals surface area contributed by atoms with Gasteiger partial charge in [-0.3, -0.25) is 9.59 Å². The van der Waals surface area contributed by atoms with Crippen molar-refractivity contribution in [3.63, 3.8) is 0 Å². The molecule has 5 nitrogen and oxygen atoms in total. The highest BCUT2D eigenvalue weighted by atomic mass is 16.2. The molecule has 0 radical (unpaired) electrons. The van der Waals surface area contributed by atoms with Crippen LogP contribution >= 0.6 is 0 Å². The predicted octanol–water partition coefficient (Wildman–Crippen LogP) is 2.69. The van der Waals surface area contributed by atoms with Crippen molar-refractivity contribution in [1.29, 1.82) is 0 Å². The van der Waals surface area contributed by atoms with E-state index >= 15 is 0 Å². The average molecular weight is 343 g/mol. The zero-order valence-corrected chi connectivity index (χ0v) is 15.3. The molecule has 3 rings (SSSR count). The van der Waals surface area contributed by atoms with Crippen molar-refractivity contribution in [1.82, 2.24) is 9.80 Å². The van der Waals surface area contributed by atoms with Crippen molar-refractivity contribution in [2.75, 3.05) is 31.9 Å². The number of nitrogens with two attached hydrogens (primary N) is 1. The van der Waals surface area contributed by atoms with Crippen LogP contribution in [0.3, 0.4) is 0 Å². The lowest BCUT2D eigenvalue weighted by atomic mass is 9.92. The molecule has 2 aliphatic heterocycles. The molecule has 0 spiro atoms. The second-order valence-electron chi connectivity index (χ2n) is 7.65. The summed E-state index contributed by atoms with van der Waals surface area (Å²) in [7, 11) is 0. The van der Waals surface area contributed by atoms with Crippen molar-refractivity contribution in [3.05, 3.63) is 29.3 Å². The average Bonchev–Trinajstić information content (AvgIpc) is 2.63. The van der Waals surface area contributed by atoms with Crippen LogP contribution in [0, 0.1) is 18.8 Å². The Morgan fingerprint density at radius 1 is 1.00 bits per heavy atom. The van der Waals surface area contributed by atoms with Crippen LogP contribution in [0.4, 0.5) is 5.69 Å². The fourth-order valence-electron chi connectivity index (χ4n) is 3.86. The minimum Gasteiger partial charge on any atom is -0.399 e. The lowest BCUT2D eigenvalue weighted by molar-refractivity contribution is -0.138. The summed E-state index contributed by atoms with van der Waals surface area (Å²) in [5, 5.41) is 0. The van der Waals surface area contributed by atoms with Crippen LogP contribution in [0.5, 0.6) is 0 Å². The summed E-state index contributed by atoms with van der Waals surface area (Å²) in [4.78, 5) is 29.4. The zero-order valence-electron chi connectivity index (χ0n) is 15.3. The number of nitrogen functional groups attached to an aromatic ring is 1. The first kappa shape index (κ1) is 17.8. The number of aryl methyl sites for hydroxylation is 1. The largest absolute Gasteiger partial charge is 0.399 e. The van der Waals surface area contributed by atoms with Gasteiger partial charge in [0.05, 0.1) is 0 Å². The first-order valence-electron chi connectivity index (χ1n) is 9.40. The molecule has 0 unspecified atom stereocenters. The molecule has 25 heavy (non-hydrogen) atoms. The minimum atomic E-state index is 0.0301. The van der Waals surface area contributed by atoms with Crippen LogP contribution in [-0.4, -0.2) is 47.8 Å². The number of hydrogen-bond donors (Lipinski definition) is 1. The van der Waals surface area contributed by atoms with Gasteiger partial charge < -0.3 is 15.5 Å². The summed E-state index contributed by atoms with van der Waals surface area (Å²) in [6.07, 6.45) is 3.74. The number of hydrogen-bond acceptors (Lipinski definition) is 3. The number of carbonyl (C=O) groups excluding carboxylic acids is 2. The molecule has 5 heteroatoms. The molecule has 2 amide bonds. The van der Waals surface area contributed by atoms with Gasteiger partial charge in [0.25, 0.3) is 5.91 Å². The fraction of sp³-hybridized carbons (Fsp3) is 0.600. The highest BCUT2D eigenvalue weighted by molar-refractivity contribution is 5.96. The van der Waals surface area contributed by atoms with Gasteiger partial charge in [-0.1, -0.05) is 13.0 Å². The van der Waals surface area contributed by atoms with Gasteiger partial charge in [-0.25, -0.2) is 0 Å². The summed E-state index contributed by atoms with van der Waals surface area (Å²) >= 11 is 0. The molecule has 2 heterocycles. The van der Waals surface area contributed by atoms with Gasteiger partial charge in [-0.05, 0) is 56.2 Å². The van der Waals surface area contributed by atoms with Crippen molar-refractivity contribution in [2.45, 2.75) is 39.5 Å². The normalized spacial score (nSPS) is 19.9. The summed E-state index contributed by atoms with van der Waals surface area (Å²) in [5.74, 6) is 1.12. The molecule has 1 aromatic rings. The number of likely N-dealkylation sites (tertiary alicyclic amines) is 2. The van der Waals surface area contributed by atoms with Crippen LogP contribution in [0.25, 0.3) is 0 Å². The van der Waals surface area contributed by atoms with E-state index in [2.05, 4.69) is 6.92 Å². The second-order valence-corrected chi connectivity index (χ2v) is 7.65. The van der Waals surface area contributed by atoms with Gasteiger partial charge in [0, 0.05) is 43.3 Å². The third-order valence-electron chi connectivity index (χ3n) is 5.72. The summed E-state index contributed by atoms with van der Waals surface area (Å²) in [6.45, 7) is 7.26. The third kappa shape index (κ3) is 3.97. The molecule has 0 aromatic heterocycles. The summed E-state index contributed by atoms with van der Waals surface area (Å²) in [5.41, 5.74) is 8.06. The lowest BCUT2D eigenvalue weighted by Crippen LogP contribution is -2.46. The molecule has 2 saturated heterocycles. The number of carbonyl (C=O) groups is 2. The van der Waals surface area contributed by atoms with Crippen LogP contribution in [0.15, 0.2) is 18.2 Å². The predicted molar refractivity (Wildman–Crippen MR) is 99.2 cm³/mol. The summed E-state index contributed by atoms with van der Waals surface area (Å²) in [6, 6.07) is 5.45. The van der Waals surface area contributed by atoms with Crippen molar-refractivity contribution < 1.29 is 9.59 Å². The Kier molecular flexibility index (Phi) is 5.30. The molecule has 1 aromatic carbocycles. The first-order valence-corrected chi connectivity index (χ1v) is 9.40. The number of rotatable bonds is 2. The zero-order chi connectivity index (χ0) is 18.0. The Balaban J connectivity index is 1.57. The third-order valence-corrected chi connectivity index (χ3v) is 5.72. The maximum Gasteiger partial charge on any atom is 0.254 e. The van der Waals surface area contributed by atoms with E-state index in [-0.39, 0.29) is 11.8 Å². The lowest BCUT2D eigenvalue weighted by Gasteiger charge is -2.37. The Labute approximate surface area is 150 Å². The highest BCUT2D eigenvalue weighted by Crippen LogP contribution is 2.25. The molecule has 0 aliphatic carbocycles. The topological polar surface area (TPSA) is 66.6 Å². The molecule has 2 fully saturated rings. The van der Waals surface area contributed by atoms with Gasteiger partial charge >= 0.3 is 0 Å². The van der Waals surface area contributed by atoms with E-state index in [0.717, 1.165) is 50.3 Å². The van der Waals surface area contributed by atoms with E-state index in [4.69, 9.17) is 5.73 Å². The highest BCUT2D eigenvalue weighted by Gasteiger charge is 2.32. The quantitative estimate of drug-likeness (QED) is 0.840. The Hall–Kier alpha value is -2.04. The van der Waals surface area contributed by atoms with Gasteiger partial charge in [-0.15, -0.1) is 0 Å². The van der Waals surface area contributed by atoms with Crippen molar-refractivity contribution in [2.24, 2.45) is 11.8 Å². The van der Waals surface area contributed by atoms with Crippen molar-refractivity contribution in [3.8, 4) is 0 Å². The number of amides is 2. The Morgan fingerprint density at radius 2 is 1.60 bits per heavy atom. The van der Waals surface area contributed by atoms with Crippen LogP contribution in [0.2, 0.25) is 0 Å². The number of nitrogens with zero attached hydrogens (tertiary/aromatic N) is 2. The second kappa shape index (κ2) is 7.46. The summed E-state index contributed by atoms with van der Waals surface area (Å²) < 4.78 is 0. The van der Waals surface area contributed by atoms with E-state index in [0.29, 0.717) is 30.2 Å². The van der Waals surface area contributed by atoms with Gasteiger partial charge in [0.15, 0.2) is 0 Å². The number of anilines is 1. The van der Waals surface area contributed by atoms with E-state index in [1.165, 1.54) is 0 Å². The van der Waals surface area contributed by atoms with Gasteiger partial charge in [0.1, 0.15) is 0 Å². The molecular formula is C20H29N3O2. The number of benzene rings is 1. The molecule has 2 aliphatic rings. The monoisotopic (exact) mass is 343 g/mol. The number of piperidine rings is 2. The van der Waals surface area contributed by atoms with Crippen LogP contribution in [0.1, 0.15) is 48.5 Å². The van der Waals surface area contributed by atoms with Crippen molar-refractivity contribution >= 4 is 17.5 Å². The molecule has 0 bridgehead atoms.